The van der Waals surface area contributed by atoms with Crippen molar-refractivity contribution in [2.45, 2.75) is 149 Å². The molecule has 3 unspecified atom stereocenters. The number of carbonyl (C=O) groups is 2. The minimum absolute atomic E-state index is 0.0457. The molecule has 4 fully saturated rings. The first-order valence-corrected chi connectivity index (χ1v) is 27.8. The van der Waals surface area contributed by atoms with Gasteiger partial charge in [0, 0.05) is 32.9 Å². The van der Waals surface area contributed by atoms with E-state index in [0.29, 0.717) is 30.3 Å². The number of methoxy groups -OCH3 is 2. The maximum atomic E-state index is 14.4. The van der Waals surface area contributed by atoms with Crippen molar-refractivity contribution in [1.82, 2.24) is 10.2 Å². The molecule has 0 aromatic heterocycles. The number of hydrogen-bond acceptors (Lipinski definition) is 8. The van der Waals surface area contributed by atoms with Gasteiger partial charge in [-0.2, -0.15) is 0 Å². The molecule has 1 aliphatic heterocycles. The second kappa shape index (κ2) is 23.8. The third-order valence-electron chi connectivity index (χ3n) is 18.3. The fourth-order valence-corrected chi connectivity index (χ4v) is 14.6. The Hall–Kier alpha value is -4.50. The molecule has 1 N–H and O–H groups in total. The molecular formula is C61H84N3O7P. The molecule has 3 saturated carbocycles. The Morgan fingerprint density at radius 1 is 0.847 bits per heavy atom. The molecule has 0 bridgehead atoms. The third kappa shape index (κ3) is 11.6. The molecule has 72 heavy (non-hydrogen) atoms. The lowest BCUT2D eigenvalue weighted by Crippen LogP contribution is -2.50. The van der Waals surface area contributed by atoms with Gasteiger partial charge in [0.25, 0.3) is 0 Å². The summed E-state index contributed by atoms with van der Waals surface area (Å²) < 4.78 is 24.9. The van der Waals surface area contributed by atoms with Gasteiger partial charge in [-0.25, -0.2) is 0 Å². The minimum Gasteiger partial charge on any atom is -0.497 e. The van der Waals surface area contributed by atoms with E-state index in [4.69, 9.17) is 28.9 Å². The summed E-state index contributed by atoms with van der Waals surface area (Å²) in [6, 6.07) is 25.8. The van der Waals surface area contributed by atoms with Crippen molar-refractivity contribution in [2.24, 2.45) is 51.5 Å². The van der Waals surface area contributed by atoms with Crippen LogP contribution >= 0.6 is 8.86 Å². The van der Waals surface area contributed by atoms with Crippen LogP contribution in [-0.2, 0) is 29.5 Å². The van der Waals surface area contributed by atoms with Gasteiger partial charge in [0.05, 0.1) is 50.6 Å². The molecule has 3 aromatic carbocycles. The topological polar surface area (TPSA) is 108 Å². The zero-order chi connectivity index (χ0) is 51.0. The van der Waals surface area contributed by atoms with Gasteiger partial charge in [-0.05, 0) is 139 Å². The SMILES string of the molecule is CNC(=O)CCC(=P)O[C@@H]1C[C@@H](COC(c2ccccc2)(c2ccc(OC)cc2)c2ccc(OC)cc2)N(C(=O)CCO/N=C2\CC[C@@]3(C)C(=CCC4C3CC[C@@]3(C)C4CC[C@@H]3[C@H](C)CCCC(C)C)C2)C1. The molecule has 0 radical (unpaired) electrons. The predicted molar refractivity (Wildman–Crippen MR) is 291 cm³/mol. The number of hydrogen-bond donors (Lipinski definition) is 1. The van der Waals surface area contributed by atoms with Gasteiger partial charge in [-0.15, -0.1) is 0 Å². The van der Waals surface area contributed by atoms with Gasteiger partial charge < -0.3 is 34.0 Å². The zero-order valence-corrected chi connectivity index (χ0v) is 45.7. The van der Waals surface area contributed by atoms with Gasteiger partial charge in [0.2, 0.25) is 11.8 Å². The number of rotatable bonds is 22. The van der Waals surface area contributed by atoms with E-state index in [2.05, 4.69) is 67.0 Å². The number of amides is 2. The van der Waals surface area contributed by atoms with Crippen molar-refractivity contribution in [3.05, 3.63) is 107 Å². The number of fused-ring (bicyclic) bond motifs is 5. The second-order valence-corrected chi connectivity index (χ2v) is 23.4. The molecule has 4 aliphatic carbocycles. The molecule has 1 heterocycles. The molecule has 10 nitrogen and oxygen atoms in total. The van der Waals surface area contributed by atoms with Crippen LogP contribution in [0.5, 0.6) is 11.5 Å². The average molecular weight is 1000 g/mol. The van der Waals surface area contributed by atoms with E-state index in [9.17, 15) is 9.59 Å². The fraction of sp³-hybridized carbons (Fsp3) is 0.607. The first-order chi connectivity index (χ1) is 34.7. The fourth-order valence-electron chi connectivity index (χ4n) is 14.3. The molecule has 390 valence electrons. The largest absolute Gasteiger partial charge is 0.497 e. The van der Waals surface area contributed by atoms with Gasteiger partial charge in [-0.1, -0.05) is 134 Å². The van der Waals surface area contributed by atoms with Crippen LogP contribution in [0.15, 0.2) is 95.7 Å². The van der Waals surface area contributed by atoms with Crippen molar-refractivity contribution in [2.75, 3.05) is 41.0 Å². The highest BCUT2D eigenvalue weighted by Crippen LogP contribution is 2.67. The predicted octanol–water partition coefficient (Wildman–Crippen LogP) is 12.6. The Balaban J connectivity index is 0.946. The van der Waals surface area contributed by atoms with Crippen LogP contribution in [0.1, 0.15) is 148 Å². The molecule has 8 rings (SSSR count). The summed E-state index contributed by atoms with van der Waals surface area (Å²) in [5, 5.41) is 7.42. The van der Waals surface area contributed by atoms with E-state index >= 15 is 0 Å². The van der Waals surface area contributed by atoms with E-state index in [1.54, 1.807) is 26.8 Å². The minimum atomic E-state index is -1.06. The first-order valence-electron chi connectivity index (χ1n) is 27.3. The van der Waals surface area contributed by atoms with Crippen molar-refractivity contribution in [3.63, 3.8) is 0 Å². The highest BCUT2D eigenvalue weighted by Gasteiger charge is 2.59. The molecule has 2 amide bonds. The van der Waals surface area contributed by atoms with Gasteiger partial charge in [0.15, 0.2) is 0 Å². The average Bonchev–Trinajstić information content (AvgIpc) is 3.97. The molecule has 3 aromatic rings. The number of likely N-dealkylation sites (tertiary alicyclic amines) is 1. The van der Waals surface area contributed by atoms with Crippen LogP contribution in [0.4, 0.5) is 0 Å². The van der Waals surface area contributed by atoms with Gasteiger partial charge >= 0.3 is 0 Å². The Morgan fingerprint density at radius 2 is 1.53 bits per heavy atom. The summed E-state index contributed by atoms with van der Waals surface area (Å²) in [4.78, 5) is 34.5. The second-order valence-electron chi connectivity index (χ2n) is 22.8. The van der Waals surface area contributed by atoms with Crippen molar-refractivity contribution in [3.8, 4) is 11.5 Å². The summed E-state index contributed by atoms with van der Waals surface area (Å²) in [5.41, 5.74) is 5.64. The van der Waals surface area contributed by atoms with Gasteiger partial charge in [-0.3, -0.25) is 9.59 Å². The summed E-state index contributed by atoms with van der Waals surface area (Å²) in [6.07, 6.45) is 17.5. The van der Waals surface area contributed by atoms with Crippen molar-refractivity contribution < 1.29 is 33.4 Å². The maximum absolute atomic E-state index is 14.4. The molecular weight excluding hydrogens is 918 g/mol. The smallest absolute Gasteiger partial charge is 0.226 e. The number of benzene rings is 3. The van der Waals surface area contributed by atoms with Gasteiger partial charge in [0.1, 0.15) is 23.7 Å². The summed E-state index contributed by atoms with van der Waals surface area (Å²) >= 11 is 0. The quantitative estimate of drug-likeness (QED) is 0.0351. The van der Waals surface area contributed by atoms with Crippen LogP contribution in [0, 0.1) is 46.3 Å². The number of oxime groups is 1. The van der Waals surface area contributed by atoms with Crippen LogP contribution in [-0.4, -0.2) is 81.1 Å². The Labute approximate surface area is 433 Å². The van der Waals surface area contributed by atoms with Crippen LogP contribution in [0.25, 0.3) is 0 Å². The highest BCUT2D eigenvalue weighted by molar-refractivity contribution is 7.20. The van der Waals surface area contributed by atoms with Crippen molar-refractivity contribution >= 4 is 31.9 Å². The summed E-state index contributed by atoms with van der Waals surface area (Å²) in [5.74, 6) is 6.21. The molecule has 1 saturated heterocycles. The summed E-state index contributed by atoms with van der Waals surface area (Å²) in [7, 11) is 8.60. The lowest BCUT2D eigenvalue weighted by molar-refractivity contribution is -0.135. The number of ether oxygens (including phenoxy) is 4. The first kappa shape index (κ1) is 53.8. The lowest BCUT2D eigenvalue weighted by Gasteiger charge is -2.58. The lowest BCUT2D eigenvalue weighted by atomic mass is 9.47. The normalized spacial score (nSPS) is 27.9. The van der Waals surface area contributed by atoms with E-state index < -0.39 is 5.60 Å². The van der Waals surface area contributed by atoms with Crippen LogP contribution in [0.2, 0.25) is 0 Å². The van der Waals surface area contributed by atoms with E-state index in [0.717, 1.165) is 88.7 Å². The number of nitrogens with one attached hydrogen (secondary N) is 1. The third-order valence-corrected chi connectivity index (χ3v) is 18.7. The van der Waals surface area contributed by atoms with E-state index in [1.165, 1.54) is 51.4 Å². The Kier molecular flexibility index (Phi) is 17.8. The highest BCUT2D eigenvalue weighted by atomic mass is 31.0. The molecule has 0 spiro atoms. The molecule has 11 heteroatoms. The van der Waals surface area contributed by atoms with Crippen LogP contribution in [0.3, 0.4) is 0 Å². The van der Waals surface area contributed by atoms with E-state index in [-0.39, 0.29) is 55.4 Å². The number of allylic oxidation sites excluding steroid dienone is 2. The maximum Gasteiger partial charge on any atom is 0.226 e. The van der Waals surface area contributed by atoms with Crippen LogP contribution < -0.4 is 14.8 Å². The van der Waals surface area contributed by atoms with Crippen molar-refractivity contribution in [1.29, 1.82) is 0 Å². The monoisotopic (exact) mass is 1000 g/mol. The molecule has 5 aliphatic rings. The Morgan fingerprint density at radius 3 is 2.18 bits per heavy atom. The standard InChI is InChI=1S/C61H84N3O7P/c1-41(2)13-12-14-42(3)53-27-28-54-52-26-21-46-37-47(31-34-59(46,4)55(52)32-35-60(53,54)5)63-70-36-33-57(66)64-39-51(71-58(72)30-29-56(65)62-6)38-48(64)40-69-61(43-15-10-9-11-16-43,44-17-22-49(67-7)23-18-44)45-19-24-50(68-8)25-20-45/h9-11,15-25,41-42,48,51-55,72H,12-14,26-40H2,1-8H3,(H,62,65)/b63-47+/t42-,48+,51-,52?,53-,54?,55?,59+,60-/m1/s1. The molecule has 9 atom stereocenters. The number of carbonyl (C=O) groups excluding carboxylic acids is 2. The Bertz CT molecular complexity index is 2320. The summed E-state index contributed by atoms with van der Waals surface area (Å²) in [6.45, 7) is 13.3. The zero-order valence-electron chi connectivity index (χ0n) is 44.7. The number of nitrogens with zero attached hydrogens (tertiary/aromatic N) is 2. The van der Waals surface area contributed by atoms with E-state index in [1.807, 2.05) is 71.6 Å².